The van der Waals surface area contributed by atoms with Crippen LogP contribution in [-0.2, 0) is 11.3 Å². The summed E-state index contributed by atoms with van der Waals surface area (Å²) in [5.74, 6) is 1.19. The lowest BCUT2D eigenvalue weighted by Gasteiger charge is -2.38. The molecule has 1 aliphatic heterocycles. The number of anilines is 1. The number of amides is 1. The molecule has 0 unspecified atom stereocenters. The maximum absolute atomic E-state index is 12.2. The predicted octanol–water partition coefficient (Wildman–Crippen LogP) is 1.24. The fourth-order valence-corrected chi connectivity index (χ4v) is 2.34. The molecule has 1 aromatic rings. The van der Waals surface area contributed by atoms with Crippen molar-refractivity contribution in [3.05, 3.63) is 23.9 Å². The van der Waals surface area contributed by atoms with Crippen molar-refractivity contribution in [3.63, 3.8) is 0 Å². The number of hydrogen-bond acceptors (Lipinski definition) is 4. The molecule has 110 valence electrons. The summed E-state index contributed by atoms with van der Waals surface area (Å²) in [6.45, 7) is 9.60. The Morgan fingerprint density at radius 3 is 2.35 bits per heavy atom. The highest BCUT2D eigenvalue weighted by Crippen LogP contribution is 2.20. The monoisotopic (exact) mass is 276 g/mol. The number of nitrogens with zero attached hydrogens (tertiary/aromatic N) is 3. The number of carbonyl (C=O) groups excluding carboxylic acids is 1. The SMILES string of the molecule is CC(C)(C)C(=O)N1CCN(c2ccc(CN)cn2)CC1. The van der Waals surface area contributed by atoms with Crippen molar-refractivity contribution in [2.45, 2.75) is 27.3 Å². The largest absolute Gasteiger partial charge is 0.353 e. The summed E-state index contributed by atoms with van der Waals surface area (Å²) in [6.07, 6.45) is 1.82. The lowest BCUT2D eigenvalue weighted by atomic mass is 9.94. The Hall–Kier alpha value is -1.62. The van der Waals surface area contributed by atoms with E-state index in [0.29, 0.717) is 6.54 Å². The summed E-state index contributed by atoms with van der Waals surface area (Å²) in [5.41, 5.74) is 6.31. The van der Waals surface area contributed by atoms with Gasteiger partial charge in [0, 0.05) is 44.3 Å². The van der Waals surface area contributed by atoms with Crippen molar-refractivity contribution >= 4 is 11.7 Å². The molecule has 1 saturated heterocycles. The zero-order valence-electron chi connectivity index (χ0n) is 12.6. The van der Waals surface area contributed by atoms with Crippen LogP contribution in [0.3, 0.4) is 0 Å². The summed E-state index contributed by atoms with van der Waals surface area (Å²) in [5, 5.41) is 0. The molecular weight excluding hydrogens is 252 g/mol. The van der Waals surface area contributed by atoms with E-state index in [-0.39, 0.29) is 11.3 Å². The molecule has 1 aromatic heterocycles. The number of piperazine rings is 1. The first-order chi connectivity index (χ1) is 9.41. The Kier molecular flexibility index (Phi) is 4.28. The lowest BCUT2D eigenvalue weighted by Crippen LogP contribution is -2.51. The van der Waals surface area contributed by atoms with Gasteiger partial charge < -0.3 is 15.5 Å². The van der Waals surface area contributed by atoms with Gasteiger partial charge in [-0.3, -0.25) is 4.79 Å². The van der Waals surface area contributed by atoms with Crippen molar-refractivity contribution in [2.75, 3.05) is 31.1 Å². The van der Waals surface area contributed by atoms with Crippen molar-refractivity contribution in [1.29, 1.82) is 0 Å². The van der Waals surface area contributed by atoms with Gasteiger partial charge in [-0.05, 0) is 11.6 Å². The van der Waals surface area contributed by atoms with E-state index in [1.54, 1.807) is 0 Å². The van der Waals surface area contributed by atoms with E-state index in [0.717, 1.165) is 37.6 Å². The highest BCUT2D eigenvalue weighted by molar-refractivity contribution is 5.81. The van der Waals surface area contributed by atoms with Crippen molar-refractivity contribution in [1.82, 2.24) is 9.88 Å². The molecule has 2 N–H and O–H groups in total. The second kappa shape index (κ2) is 5.79. The number of pyridine rings is 1. The van der Waals surface area contributed by atoms with Crippen molar-refractivity contribution in [3.8, 4) is 0 Å². The van der Waals surface area contributed by atoms with E-state index in [9.17, 15) is 4.79 Å². The summed E-state index contributed by atoms with van der Waals surface area (Å²) in [7, 11) is 0. The van der Waals surface area contributed by atoms with E-state index in [1.165, 1.54) is 0 Å². The summed E-state index contributed by atoms with van der Waals surface area (Å²) in [6, 6.07) is 4.01. The third-order valence-electron chi connectivity index (χ3n) is 3.58. The molecule has 0 atom stereocenters. The van der Waals surface area contributed by atoms with Gasteiger partial charge in [0.2, 0.25) is 5.91 Å². The van der Waals surface area contributed by atoms with Crippen LogP contribution in [0.5, 0.6) is 0 Å². The van der Waals surface area contributed by atoms with Gasteiger partial charge in [-0.1, -0.05) is 26.8 Å². The van der Waals surface area contributed by atoms with E-state index in [1.807, 2.05) is 44.0 Å². The van der Waals surface area contributed by atoms with Crippen LogP contribution in [0.15, 0.2) is 18.3 Å². The van der Waals surface area contributed by atoms with Crippen LogP contribution in [0.2, 0.25) is 0 Å². The van der Waals surface area contributed by atoms with E-state index in [2.05, 4.69) is 9.88 Å². The first kappa shape index (κ1) is 14.8. The number of aromatic nitrogens is 1. The summed E-state index contributed by atoms with van der Waals surface area (Å²) < 4.78 is 0. The second-order valence-corrected chi connectivity index (χ2v) is 6.26. The fraction of sp³-hybridized carbons (Fsp3) is 0.600. The Labute approximate surface area is 120 Å². The number of hydrogen-bond donors (Lipinski definition) is 1. The number of nitrogens with two attached hydrogens (primary N) is 1. The topological polar surface area (TPSA) is 62.5 Å². The molecule has 0 bridgehead atoms. The number of rotatable bonds is 2. The van der Waals surface area contributed by atoms with Gasteiger partial charge in [0.1, 0.15) is 5.82 Å². The van der Waals surface area contributed by atoms with Crippen LogP contribution in [0, 0.1) is 5.41 Å². The molecule has 5 heteroatoms. The highest BCUT2D eigenvalue weighted by Gasteiger charge is 2.29. The molecule has 1 fully saturated rings. The van der Waals surface area contributed by atoms with Crippen LogP contribution in [0.25, 0.3) is 0 Å². The zero-order valence-corrected chi connectivity index (χ0v) is 12.6. The Morgan fingerprint density at radius 1 is 1.25 bits per heavy atom. The van der Waals surface area contributed by atoms with Gasteiger partial charge in [-0.15, -0.1) is 0 Å². The number of carbonyl (C=O) groups is 1. The molecule has 20 heavy (non-hydrogen) atoms. The van der Waals surface area contributed by atoms with Gasteiger partial charge in [0.25, 0.3) is 0 Å². The highest BCUT2D eigenvalue weighted by atomic mass is 16.2. The van der Waals surface area contributed by atoms with Crippen molar-refractivity contribution in [2.24, 2.45) is 11.1 Å². The molecule has 0 spiro atoms. The first-order valence-electron chi connectivity index (χ1n) is 7.11. The zero-order chi connectivity index (χ0) is 14.8. The van der Waals surface area contributed by atoms with Crippen LogP contribution < -0.4 is 10.6 Å². The van der Waals surface area contributed by atoms with Gasteiger partial charge >= 0.3 is 0 Å². The molecule has 2 heterocycles. The smallest absolute Gasteiger partial charge is 0.228 e. The van der Waals surface area contributed by atoms with Crippen molar-refractivity contribution < 1.29 is 4.79 Å². The van der Waals surface area contributed by atoms with Gasteiger partial charge in [-0.2, -0.15) is 0 Å². The molecule has 0 aromatic carbocycles. The van der Waals surface area contributed by atoms with Gasteiger partial charge in [0.15, 0.2) is 0 Å². The maximum Gasteiger partial charge on any atom is 0.228 e. The first-order valence-corrected chi connectivity index (χ1v) is 7.11. The Balaban J connectivity index is 1.95. The third kappa shape index (κ3) is 3.28. The minimum atomic E-state index is -0.302. The molecule has 0 saturated carbocycles. The Morgan fingerprint density at radius 2 is 1.90 bits per heavy atom. The quantitative estimate of drug-likeness (QED) is 0.882. The predicted molar refractivity (Wildman–Crippen MR) is 80.4 cm³/mol. The fourth-order valence-electron chi connectivity index (χ4n) is 2.34. The van der Waals surface area contributed by atoms with Gasteiger partial charge in [0.05, 0.1) is 0 Å². The molecular formula is C15H24N4O. The molecule has 1 amide bonds. The summed E-state index contributed by atoms with van der Waals surface area (Å²) >= 11 is 0. The average molecular weight is 276 g/mol. The van der Waals surface area contributed by atoms with E-state index < -0.39 is 0 Å². The van der Waals surface area contributed by atoms with Crippen LogP contribution >= 0.6 is 0 Å². The van der Waals surface area contributed by atoms with Crippen LogP contribution in [0.4, 0.5) is 5.82 Å². The van der Waals surface area contributed by atoms with Crippen LogP contribution in [-0.4, -0.2) is 42.0 Å². The molecule has 0 aliphatic carbocycles. The van der Waals surface area contributed by atoms with E-state index >= 15 is 0 Å². The molecule has 1 aliphatic rings. The molecule has 5 nitrogen and oxygen atoms in total. The second-order valence-electron chi connectivity index (χ2n) is 6.26. The lowest BCUT2D eigenvalue weighted by molar-refractivity contribution is -0.139. The molecule has 2 rings (SSSR count). The minimum Gasteiger partial charge on any atom is -0.353 e. The normalized spacial score (nSPS) is 16.4. The summed E-state index contributed by atoms with van der Waals surface area (Å²) in [4.78, 5) is 20.8. The standard InChI is InChI=1S/C15H24N4O/c1-15(2,3)14(20)19-8-6-18(7-9-19)13-5-4-12(10-16)11-17-13/h4-5,11H,6-10,16H2,1-3H3. The molecule has 0 radical (unpaired) electrons. The van der Waals surface area contributed by atoms with Crippen LogP contribution in [0.1, 0.15) is 26.3 Å². The average Bonchev–Trinajstić information content (AvgIpc) is 2.46. The Bertz CT molecular complexity index is 456. The van der Waals surface area contributed by atoms with E-state index in [4.69, 9.17) is 5.73 Å². The maximum atomic E-state index is 12.2. The van der Waals surface area contributed by atoms with Gasteiger partial charge in [-0.25, -0.2) is 4.98 Å². The third-order valence-corrected chi connectivity index (χ3v) is 3.58. The minimum absolute atomic E-state index is 0.226.